The van der Waals surface area contributed by atoms with E-state index in [0.717, 1.165) is 5.57 Å². The Bertz CT molecular complexity index is 3300. The van der Waals surface area contributed by atoms with Crippen molar-refractivity contribution in [3.63, 3.8) is 0 Å². The smallest absolute Gasteiger partial charge is 0.335 e. The van der Waals surface area contributed by atoms with Crippen LogP contribution in [0.3, 0.4) is 0 Å². The number of hydrogen-bond donors (Lipinski definition) is 21. The summed E-state index contributed by atoms with van der Waals surface area (Å²) in [5.41, 5.74) is -3.98. The minimum atomic E-state index is -2.17. The number of carbonyl (C=O) groups is 2. The number of carboxylic acid groups (broad SMARTS) is 1. The van der Waals surface area contributed by atoms with Gasteiger partial charge in [-0.25, -0.2) is 4.79 Å². The van der Waals surface area contributed by atoms with E-state index in [1.54, 1.807) is 0 Å². The Morgan fingerprint density at radius 1 is 0.434 bits per heavy atom. The van der Waals surface area contributed by atoms with Crippen LogP contribution < -0.4 is 0 Å². The topological polar surface area (TPSA) is 607 Å². The fourth-order valence-corrected chi connectivity index (χ4v) is 21.3. The number of aliphatic hydroxyl groups excluding tert-OH is 20. The Kier molecular flexibility index (Phi) is 25.9. The lowest BCUT2D eigenvalue weighted by atomic mass is 9.33. The third-order valence-electron chi connectivity index (χ3n) is 28.2. The molecule has 12 fully saturated rings. The molecule has 0 bridgehead atoms. The molecule has 648 valence electrons. The Morgan fingerprint density at radius 2 is 0.929 bits per heavy atom. The van der Waals surface area contributed by atoms with E-state index in [1.807, 2.05) is 13.8 Å². The number of carbonyl (C=O) groups excluding carboxylic acids is 1. The fraction of sp³-hybridized carbons (Fsp3) is 0.946. The van der Waals surface area contributed by atoms with E-state index < -0.39 is 317 Å². The molecule has 0 radical (unpaired) electrons. The molecular formula is C74H118O39. The maximum Gasteiger partial charge on any atom is 0.335 e. The fourth-order valence-electron chi connectivity index (χ4n) is 21.3. The quantitative estimate of drug-likeness (QED) is 0.0344. The lowest BCUT2D eigenvalue weighted by molar-refractivity contribution is -0.392. The van der Waals surface area contributed by atoms with Gasteiger partial charge in [0, 0.05) is 0 Å². The predicted molar refractivity (Wildman–Crippen MR) is 368 cm³/mol. The Morgan fingerprint density at radius 3 is 1.53 bits per heavy atom. The maximum absolute atomic E-state index is 16.1. The highest BCUT2D eigenvalue weighted by Gasteiger charge is 2.73. The summed E-state index contributed by atoms with van der Waals surface area (Å²) in [6.45, 7) is 14.4. The number of carboxylic acids is 1. The van der Waals surface area contributed by atoms with Crippen LogP contribution >= 0.6 is 0 Å². The summed E-state index contributed by atoms with van der Waals surface area (Å²) < 4.78 is 96.8. The molecule has 113 heavy (non-hydrogen) atoms. The average Bonchev–Trinajstić information content (AvgIpc) is 0.670. The van der Waals surface area contributed by atoms with Crippen molar-refractivity contribution in [3.8, 4) is 0 Å². The van der Waals surface area contributed by atoms with Crippen molar-refractivity contribution in [2.45, 2.75) is 354 Å². The summed E-state index contributed by atoms with van der Waals surface area (Å²) in [4.78, 5) is 29.2. The van der Waals surface area contributed by atoms with Crippen molar-refractivity contribution < 1.29 is 193 Å². The summed E-state index contributed by atoms with van der Waals surface area (Å²) in [7, 11) is 0. The highest BCUT2D eigenvalue weighted by atomic mass is 16.8. The zero-order valence-electron chi connectivity index (χ0n) is 64.4. The highest BCUT2D eigenvalue weighted by Crippen LogP contribution is 2.76. The van der Waals surface area contributed by atoms with Crippen LogP contribution in [0.15, 0.2) is 11.6 Å². The first kappa shape index (κ1) is 88.1. The Hall–Kier alpha value is -2.72. The molecule has 39 heteroatoms. The van der Waals surface area contributed by atoms with Gasteiger partial charge in [0.25, 0.3) is 0 Å². The first-order chi connectivity index (χ1) is 53.0. The van der Waals surface area contributed by atoms with Crippen LogP contribution in [0.4, 0.5) is 0 Å². The monoisotopic (exact) mass is 1630 g/mol. The van der Waals surface area contributed by atoms with Crippen LogP contribution in [0.5, 0.6) is 0 Å². The molecule has 0 aromatic carbocycles. The molecule has 5 aliphatic carbocycles. The minimum Gasteiger partial charge on any atom is -0.479 e. The third kappa shape index (κ3) is 15.6. The van der Waals surface area contributed by atoms with Gasteiger partial charge >= 0.3 is 11.9 Å². The number of aliphatic hydroxyl groups is 20. The molecule has 8 aliphatic heterocycles. The van der Waals surface area contributed by atoms with Gasteiger partial charge in [-0.05, 0) is 116 Å². The standard InChI is InChI=1S/C74H118O39/c1-25-38(81)42(85)47(90)63(102-25)108-54-32(79)24-101-66(57(54)111-64-49(92)44(87)52(26(2)103-64)106-62-51(94)53(31(78)23-100-62)107-60-45(88)39(82)29(76)21-98-60)113-68(97)74-17-16-69(3,4)18-28(74)27-10-11-35-71(7)14-13-37(70(5,6)34(71)12-15-72(35,8)73(27,9)19-36(74)80)105-67-58(112-65-48(91)43(86)41(84)33(20-75)104-65)55(50(93)56(110-67)59(95)96)109-61-46(89)40(83)30(77)22-99-61/h10,25-26,28-58,60-67,75-94H,11-24H2,1-9H3,(H,95,96). The maximum atomic E-state index is 16.1. The molecule has 0 aromatic heterocycles. The molecule has 39 nitrogen and oxygen atoms in total. The third-order valence-corrected chi connectivity index (χ3v) is 28.2. The van der Waals surface area contributed by atoms with E-state index in [2.05, 4.69) is 40.7 Å². The van der Waals surface area contributed by atoms with Gasteiger partial charge in [0.2, 0.25) is 6.29 Å². The number of hydrogen-bond acceptors (Lipinski definition) is 38. The second kappa shape index (κ2) is 33.3. The number of esters is 1. The zero-order valence-corrected chi connectivity index (χ0v) is 64.4. The molecule has 0 amide bonds. The Labute approximate surface area is 650 Å². The van der Waals surface area contributed by atoms with Gasteiger partial charge in [0.15, 0.2) is 56.2 Å². The molecule has 8 saturated heterocycles. The summed E-state index contributed by atoms with van der Waals surface area (Å²) in [5.74, 6) is -3.61. The van der Waals surface area contributed by atoms with Crippen LogP contribution in [-0.2, 0) is 85.4 Å². The minimum absolute atomic E-state index is 0.0512. The van der Waals surface area contributed by atoms with Crippen molar-refractivity contribution in [1.29, 1.82) is 0 Å². The lowest BCUT2D eigenvalue weighted by Gasteiger charge is -2.72. The van der Waals surface area contributed by atoms with Crippen molar-refractivity contribution in [3.05, 3.63) is 11.6 Å². The second-order valence-corrected chi connectivity index (χ2v) is 35.8. The molecule has 4 saturated carbocycles. The molecule has 8 heterocycles. The molecule has 45 unspecified atom stereocenters. The molecule has 45 atom stereocenters. The molecular weight excluding hydrogens is 1510 g/mol. The van der Waals surface area contributed by atoms with Gasteiger partial charge in [0.05, 0.1) is 57.5 Å². The van der Waals surface area contributed by atoms with Gasteiger partial charge in [-0.1, -0.05) is 60.1 Å². The molecule has 0 spiro atoms. The second-order valence-electron chi connectivity index (χ2n) is 35.8. The summed E-state index contributed by atoms with van der Waals surface area (Å²) in [5, 5.41) is 233. The predicted octanol–water partition coefficient (Wildman–Crippen LogP) is -7.06. The van der Waals surface area contributed by atoms with Gasteiger partial charge in [0.1, 0.15) is 152 Å². The van der Waals surface area contributed by atoms with Crippen molar-refractivity contribution in [1.82, 2.24) is 0 Å². The normalized spacial score (nSPS) is 54.7. The van der Waals surface area contributed by atoms with Crippen molar-refractivity contribution >= 4 is 11.9 Å². The van der Waals surface area contributed by atoms with E-state index in [0.29, 0.717) is 38.5 Å². The van der Waals surface area contributed by atoms with Gasteiger partial charge < -0.3 is 183 Å². The molecule has 21 N–H and O–H groups in total. The van der Waals surface area contributed by atoms with Crippen LogP contribution in [0.2, 0.25) is 0 Å². The van der Waals surface area contributed by atoms with Gasteiger partial charge in [-0.15, -0.1) is 0 Å². The summed E-state index contributed by atoms with van der Waals surface area (Å²) in [6.07, 6.45) is -61.3. The van der Waals surface area contributed by atoms with Crippen LogP contribution in [-0.4, -0.2) is 386 Å². The van der Waals surface area contributed by atoms with Gasteiger partial charge in [-0.3, -0.25) is 4.79 Å². The summed E-state index contributed by atoms with van der Waals surface area (Å²) in [6, 6.07) is 0. The SMILES string of the molecule is CC1OC(OC2C(O)COC(OC(=O)C34CCC(C)(C)CC3C3=CCC5C6(C)CCC(OC7OC(C(=O)O)C(O)C(OC8OCC(O)C(O)C8O)C7OC7OC(CO)C(O)C(O)C7O)C(C)(C)C6CCC5(C)C3(C)CC4O)C2OC2OC(C)C(OC3OCC(O)C(OC4OCC(O)C(O)C4O)C3O)C(O)C2O)C(O)C(O)C1O. The highest BCUT2D eigenvalue weighted by molar-refractivity contribution is 5.80. The van der Waals surface area contributed by atoms with Crippen molar-refractivity contribution in [2.75, 3.05) is 33.0 Å². The lowest BCUT2D eigenvalue weighted by Crippen LogP contribution is -2.69. The molecule has 13 rings (SSSR count). The number of fused-ring (bicyclic) bond motifs is 7. The van der Waals surface area contributed by atoms with Crippen LogP contribution in [0, 0.1) is 50.2 Å². The van der Waals surface area contributed by atoms with Crippen molar-refractivity contribution in [2.24, 2.45) is 50.2 Å². The number of aliphatic carboxylic acids is 1. The van der Waals surface area contributed by atoms with E-state index in [1.165, 1.54) is 13.8 Å². The first-order valence-electron chi connectivity index (χ1n) is 39.3. The van der Waals surface area contributed by atoms with E-state index >= 15 is 4.79 Å². The number of ether oxygens (including phenoxy) is 16. The van der Waals surface area contributed by atoms with Gasteiger partial charge in [-0.2, -0.15) is 0 Å². The Balaban J connectivity index is 0.760. The van der Waals surface area contributed by atoms with E-state index in [-0.39, 0.29) is 31.1 Å². The number of allylic oxidation sites excluding steroid dienone is 2. The van der Waals surface area contributed by atoms with E-state index in [9.17, 15) is 112 Å². The average molecular weight is 1630 g/mol. The van der Waals surface area contributed by atoms with Crippen LogP contribution in [0.25, 0.3) is 0 Å². The van der Waals surface area contributed by atoms with Crippen LogP contribution in [0.1, 0.15) is 120 Å². The first-order valence-corrected chi connectivity index (χ1v) is 39.3. The molecule has 13 aliphatic rings. The summed E-state index contributed by atoms with van der Waals surface area (Å²) >= 11 is 0. The number of rotatable bonds is 18. The molecule has 0 aromatic rings. The largest absolute Gasteiger partial charge is 0.479 e. The zero-order chi connectivity index (χ0) is 82.3. The van der Waals surface area contributed by atoms with E-state index in [4.69, 9.17) is 75.8 Å².